The van der Waals surface area contributed by atoms with Gasteiger partial charge in [-0.15, -0.1) is 0 Å². The minimum atomic E-state index is 0.0698. The molecule has 0 bridgehead atoms. The Balaban J connectivity index is 1.64. The van der Waals surface area contributed by atoms with Gasteiger partial charge in [0.2, 0.25) is 0 Å². The quantitative estimate of drug-likeness (QED) is 0.839. The summed E-state index contributed by atoms with van der Waals surface area (Å²) in [5.41, 5.74) is 1.80. The molecule has 1 aliphatic heterocycles. The van der Waals surface area contributed by atoms with Crippen LogP contribution < -0.4 is 14.4 Å². The van der Waals surface area contributed by atoms with Crippen LogP contribution in [0.4, 0.5) is 5.69 Å². The molecule has 1 heterocycles. The van der Waals surface area contributed by atoms with Crippen LogP contribution in [0.2, 0.25) is 0 Å². The predicted molar refractivity (Wildman–Crippen MR) is 98.7 cm³/mol. The number of piperazine rings is 1. The molecule has 0 aromatic heterocycles. The maximum atomic E-state index is 12.7. The van der Waals surface area contributed by atoms with Crippen molar-refractivity contribution >= 4 is 11.6 Å². The molecule has 0 atom stereocenters. The van der Waals surface area contributed by atoms with Gasteiger partial charge in [-0.05, 0) is 43.3 Å². The van der Waals surface area contributed by atoms with E-state index in [1.165, 1.54) is 0 Å². The number of ether oxygens (including phenoxy) is 2. The minimum absolute atomic E-state index is 0.0698. The van der Waals surface area contributed by atoms with E-state index in [0.29, 0.717) is 25.3 Å². The molecule has 0 radical (unpaired) electrons. The second-order valence-corrected chi connectivity index (χ2v) is 5.91. The molecule has 5 nitrogen and oxygen atoms in total. The fraction of sp³-hybridized carbons (Fsp3) is 0.350. The molecule has 3 rings (SSSR count). The van der Waals surface area contributed by atoms with E-state index in [4.69, 9.17) is 9.47 Å². The van der Waals surface area contributed by atoms with Crippen LogP contribution in [0.1, 0.15) is 17.3 Å². The molecule has 1 fully saturated rings. The van der Waals surface area contributed by atoms with Gasteiger partial charge in [0.15, 0.2) is 0 Å². The lowest BCUT2D eigenvalue weighted by molar-refractivity contribution is 0.0746. The molecule has 0 spiro atoms. The zero-order valence-electron chi connectivity index (χ0n) is 14.8. The molecular formula is C20H24N2O3. The van der Waals surface area contributed by atoms with Crippen molar-refractivity contribution in [2.45, 2.75) is 6.92 Å². The number of hydrogen-bond acceptors (Lipinski definition) is 4. The molecule has 1 amide bonds. The van der Waals surface area contributed by atoms with Gasteiger partial charge in [-0.25, -0.2) is 0 Å². The van der Waals surface area contributed by atoms with Gasteiger partial charge < -0.3 is 19.3 Å². The van der Waals surface area contributed by atoms with Crippen molar-refractivity contribution in [1.82, 2.24) is 4.90 Å². The summed E-state index contributed by atoms with van der Waals surface area (Å²) in [6.45, 7) is 5.63. The average molecular weight is 340 g/mol. The fourth-order valence-corrected chi connectivity index (χ4v) is 3.06. The van der Waals surface area contributed by atoms with Crippen molar-refractivity contribution in [2.75, 3.05) is 44.8 Å². The highest BCUT2D eigenvalue weighted by Gasteiger charge is 2.23. The van der Waals surface area contributed by atoms with Crippen molar-refractivity contribution < 1.29 is 14.3 Å². The molecule has 2 aromatic carbocycles. The fourth-order valence-electron chi connectivity index (χ4n) is 3.06. The highest BCUT2D eigenvalue weighted by molar-refractivity contribution is 5.94. The number of carbonyl (C=O) groups excluding carboxylic acids is 1. The minimum Gasteiger partial charge on any atom is -0.497 e. The van der Waals surface area contributed by atoms with Crippen molar-refractivity contribution in [1.29, 1.82) is 0 Å². The summed E-state index contributed by atoms with van der Waals surface area (Å²) in [4.78, 5) is 16.8. The molecule has 25 heavy (non-hydrogen) atoms. The zero-order chi connectivity index (χ0) is 17.6. The number of para-hydroxylation sites is 2. The number of rotatable bonds is 5. The molecule has 0 N–H and O–H groups in total. The maximum Gasteiger partial charge on any atom is 0.253 e. The first-order chi connectivity index (χ1) is 12.2. The molecule has 1 aliphatic rings. The summed E-state index contributed by atoms with van der Waals surface area (Å²) >= 11 is 0. The van der Waals surface area contributed by atoms with Gasteiger partial charge in [0, 0.05) is 31.7 Å². The second-order valence-electron chi connectivity index (χ2n) is 5.91. The van der Waals surface area contributed by atoms with E-state index in [-0.39, 0.29) is 5.91 Å². The van der Waals surface area contributed by atoms with Crippen LogP contribution in [0.15, 0.2) is 48.5 Å². The van der Waals surface area contributed by atoms with Gasteiger partial charge in [0.05, 0.1) is 19.4 Å². The maximum absolute atomic E-state index is 12.7. The van der Waals surface area contributed by atoms with Gasteiger partial charge in [-0.3, -0.25) is 4.79 Å². The molecular weight excluding hydrogens is 316 g/mol. The van der Waals surface area contributed by atoms with E-state index in [1.54, 1.807) is 7.11 Å². The number of hydrogen-bond donors (Lipinski definition) is 0. The van der Waals surface area contributed by atoms with Crippen LogP contribution >= 0.6 is 0 Å². The normalized spacial score (nSPS) is 14.3. The van der Waals surface area contributed by atoms with Gasteiger partial charge in [-0.1, -0.05) is 12.1 Å². The van der Waals surface area contributed by atoms with Gasteiger partial charge in [-0.2, -0.15) is 0 Å². The molecule has 0 unspecified atom stereocenters. The monoisotopic (exact) mass is 340 g/mol. The molecule has 132 valence electrons. The zero-order valence-corrected chi connectivity index (χ0v) is 14.8. The van der Waals surface area contributed by atoms with E-state index in [9.17, 15) is 4.79 Å². The summed E-state index contributed by atoms with van der Waals surface area (Å²) in [7, 11) is 1.62. The first-order valence-electron chi connectivity index (χ1n) is 8.63. The van der Waals surface area contributed by atoms with Gasteiger partial charge >= 0.3 is 0 Å². The molecule has 0 saturated carbocycles. The average Bonchev–Trinajstić information content (AvgIpc) is 2.68. The lowest BCUT2D eigenvalue weighted by Crippen LogP contribution is -2.48. The molecule has 5 heteroatoms. The number of nitrogens with zero attached hydrogens (tertiary/aromatic N) is 2. The van der Waals surface area contributed by atoms with Crippen LogP contribution in [-0.2, 0) is 0 Å². The summed E-state index contributed by atoms with van der Waals surface area (Å²) in [5.74, 6) is 1.73. The SMILES string of the molecule is CCOc1ccccc1N1CCN(C(=O)c2ccc(OC)cc2)CC1. The smallest absolute Gasteiger partial charge is 0.253 e. The summed E-state index contributed by atoms with van der Waals surface area (Å²) < 4.78 is 10.9. The Morgan fingerprint density at radius 1 is 1.00 bits per heavy atom. The van der Waals surface area contributed by atoms with E-state index >= 15 is 0 Å². The van der Waals surface area contributed by atoms with Gasteiger partial charge in [0.1, 0.15) is 11.5 Å². The number of amides is 1. The topological polar surface area (TPSA) is 42.0 Å². The third kappa shape index (κ3) is 3.87. The van der Waals surface area contributed by atoms with Crippen LogP contribution in [0.3, 0.4) is 0 Å². The van der Waals surface area contributed by atoms with E-state index in [1.807, 2.05) is 54.3 Å². The van der Waals surface area contributed by atoms with Crippen LogP contribution in [0, 0.1) is 0 Å². The summed E-state index contributed by atoms with van der Waals surface area (Å²) in [6.07, 6.45) is 0. The Morgan fingerprint density at radius 3 is 2.32 bits per heavy atom. The first-order valence-corrected chi connectivity index (χ1v) is 8.63. The summed E-state index contributed by atoms with van der Waals surface area (Å²) in [5, 5.41) is 0. The third-order valence-electron chi connectivity index (χ3n) is 4.41. The van der Waals surface area contributed by atoms with Crippen LogP contribution in [0.5, 0.6) is 11.5 Å². The Morgan fingerprint density at radius 2 is 1.68 bits per heavy atom. The number of methoxy groups -OCH3 is 1. The van der Waals surface area contributed by atoms with Crippen molar-refractivity contribution in [3.8, 4) is 11.5 Å². The summed E-state index contributed by atoms with van der Waals surface area (Å²) in [6, 6.07) is 15.4. The Bertz CT molecular complexity index is 707. The third-order valence-corrected chi connectivity index (χ3v) is 4.41. The van der Waals surface area contributed by atoms with Crippen LogP contribution in [0.25, 0.3) is 0 Å². The van der Waals surface area contributed by atoms with Crippen molar-refractivity contribution in [3.05, 3.63) is 54.1 Å². The molecule has 0 aliphatic carbocycles. The lowest BCUT2D eigenvalue weighted by Gasteiger charge is -2.36. The number of anilines is 1. The molecule has 1 saturated heterocycles. The number of benzene rings is 2. The Kier molecular flexibility index (Phi) is 5.43. The van der Waals surface area contributed by atoms with E-state index in [2.05, 4.69) is 11.0 Å². The van der Waals surface area contributed by atoms with E-state index < -0.39 is 0 Å². The van der Waals surface area contributed by atoms with Crippen molar-refractivity contribution in [3.63, 3.8) is 0 Å². The van der Waals surface area contributed by atoms with Gasteiger partial charge in [0.25, 0.3) is 5.91 Å². The Labute approximate surface area is 148 Å². The standard InChI is InChI=1S/C20H24N2O3/c1-3-25-19-7-5-4-6-18(19)21-12-14-22(15-13-21)20(23)16-8-10-17(24-2)11-9-16/h4-11H,3,12-15H2,1-2H3. The Hall–Kier alpha value is -2.69. The molecule has 2 aromatic rings. The second kappa shape index (κ2) is 7.92. The predicted octanol–water partition coefficient (Wildman–Crippen LogP) is 3.06. The van der Waals surface area contributed by atoms with E-state index in [0.717, 1.165) is 30.3 Å². The van der Waals surface area contributed by atoms with Crippen LogP contribution in [-0.4, -0.2) is 50.7 Å². The highest BCUT2D eigenvalue weighted by Crippen LogP contribution is 2.29. The highest BCUT2D eigenvalue weighted by atomic mass is 16.5. The van der Waals surface area contributed by atoms with Crippen molar-refractivity contribution in [2.24, 2.45) is 0 Å². The lowest BCUT2D eigenvalue weighted by atomic mass is 10.1. The number of carbonyl (C=O) groups is 1. The first kappa shape index (κ1) is 17.1. The largest absolute Gasteiger partial charge is 0.497 e.